The average Bonchev–Trinajstić information content (AvgIpc) is 3.30. The van der Waals surface area contributed by atoms with Crippen molar-refractivity contribution in [2.24, 2.45) is 0 Å². The van der Waals surface area contributed by atoms with E-state index in [1.807, 2.05) is 19.1 Å². The topological polar surface area (TPSA) is 45.0 Å². The van der Waals surface area contributed by atoms with E-state index in [0.717, 1.165) is 12.2 Å². The first-order chi connectivity index (χ1) is 10.1. The van der Waals surface area contributed by atoms with E-state index in [-0.39, 0.29) is 0 Å². The molecule has 0 bridgehead atoms. The maximum Gasteiger partial charge on any atom is 0.122 e. The first kappa shape index (κ1) is 15.9. The van der Waals surface area contributed by atoms with E-state index in [4.69, 9.17) is 4.74 Å². The van der Waals surface area contributed by atoms with Crippen molar-refractivity contribution in [3.63, 3.8) is 0 Å². The number of nitrogens with one attached hydrogen (secondary N) is 1. The molecule has 1 aliphatic rings. The monoisotopic (exact) mass is 286 g/mol. The molecule has 1 N–H and O–H groups in total. The second kappa shape index (κ2) is 6.95. The van der Waals surface area contributed by atoms with Crippen molar-refractivity contribution in [3.8, 4) is 11.8 Å². The fourth-order valence-corrected chi connectivity index (χ4v) is 2.44. The van der Waals surface area contributed by atoms with Crippen molar-refractivity contribution >= 4 is 0 Å². The molecule has 1 aromatic rings. The van der Waals surface area contributed by atoms with Crippen LogP contribution in [0.2, 0.25) is 0 Å². The van der Waals surface area contributed by atoms with Gasteiger partial charge in [-0.3, -0.25) is 5.32 Å². The maximum absolute atomic E-state index is 9.37. The number of nitrogens with zero attached hydrogens (tertiary/aromatic N) is 1. The van der Waals surface area contributed by atoms with E-state index in [9.17, 15) is 5.26 Å². The minimum absolute atomic E-state index is 0.480. The third kappa shape index (κ3) is 4.47. The molecule has 3 heteroatoms. The van der Waals surface area contributed by atoms with Gasteiger partial charge < -0.3 is 4.74 Å². The SMILES string of the molecule is CCC(C)c1ccccc1OCCC(C)(C#N)NC1CC1. The van der Waals surface area contributed by atoms with Crippen LogP contribution in [0.4, 0.5) is 0 Å². The number of ether oxygens (including phenoxy) is 1. The molecule has 1 saturated carbocycles. The van der Waals surface area contributed by atoms with E-state index in [2.05, 4.69) is 37.4 Å². The van der Waals surface area contributed by atoms with Gasteiger partial charge in [-0.05, 0) is 43.7 Å². The van der Waals surface area contributed by atoms with E-state index in [1.165, 1.54) is 18.4 Å². The van der Waals surface area contributed by atoms with Crippen molar-refractivity contribution in [1.82, 2.24) is 5.32 Å². The largest absolute Gasteiger partial charge is 0.493 e. The Morgan fingerprint density at radius 1 is 1.43 bits per heavy atom. The zero-order valence-corrected chi connectivity index (χ0v) is 13.4. The van der Waals surface area contributed by atoms with Gasteiger partial charge in [-0.1, -0.05) is 32.0 Å². The van der Waals surface area contributed by atoms with Crippen LogP contribution >= 0.6 is 0 Å². The van der Waals surface area contributed by atoms with Gasteiger partial charge in [-0.2, -0.15) is 5.26 Å². The van der Waals surface area contributed by atoms with Crippen molar-refractivity contribution < 1.29 is 4.74 Å². The zero-order chi connectivity index (χ0) is 15.3. The molecule has 0 aliphatic heterocycles. The summed E-state index contributed by atoms with van der Waals surface area (Å²) in [5.41, 5.74) is 0.778. The predicted molar refractivity (Wildman–Crippen MR) is 85.4 cm³/mol. The molecule has 114 valence electrons. The Balaban J connectivity index is 1.92. The highest BCUT2D eigenvalue weighted by atomic mass is 16.5. The van der Waals surface area contributed by atoms with Gasteiger partial charge in [0.1, 0.15) is 11.3 Å². The molecule has 21 heavy (non-hydrogen) atoms. The van der Waals surface area contributed by atoms with Crippen LogP contribution in [0.5, 0.6) is 5.75 Å². The first-order valence-corrected chi connectivity index (χ1v) is 7.98. The van der Waals surface area contributed by atoms with Gasteiger partial charge in [-0.15, -0.1) is 0 Å². The number of rotatable bonds is 8. The second-order valence-corrected chi connectivity index (χ2v) is 6.31. The van der Waals surface area contributed by atoms with Crippen LogP contribution in [-0.4, -0.2) is 18.2 Å². The fraction of sp³-hybridized carbons (Fsp3) is 0.611. The summed E-state index contributed by atoms with van der Waals surface area (Å²) in [5.74, 6) is 1.45. The standard InChI is InChI=1S/C18H26N2O/c1-4-14(2)16-7-5-6-8-17(16)21-12-11-18(3,13-19)20-15-9-10-15/h5-8,14-15,20H,4,9-12H2,1-3H3. The van der Waals surface area contributed by atoms with Gasteiger partial charge >= 0.3 is 0 Å². The van der Waals surface area contributed by atoms with Gasteiger partial charge in [0.25, 0.3) is 0 Å². The van der Waals surface area contributed by atoms with Crippen LogP contribution in [0.3, 0.4) is 0 Å². The van der Waals surface area contributed by atoms with Crippen molar-refractivity contribution in [2.45, 2.75) is 64.0 Å². The minimum Gasteiger partial charge on any atom is -0.493 e. The van der Waals surface area contributed by atoms with E-state index in [0.29, 0.717) is 25.0 Å². The number of benzene rings is 1. The molecule has 2 atom stereocenters. The van der Waals surface area contributed by atoms with Gasteiger partial charge in [0.05, 0.1) is 12.7 Å². The van der Waals surface area contributed by atoms with Crippen molar-refractivity contribution in [2.75, 3.05) is 6.61 Å². The van der Waals surface area contributed by atoms with Gasteiger partial charge in [0.15, 0.2) is 0 Å². The molecule has 2 unspecified atom stereocenters. The summed E-state index contributed by atoms with van der Waals surface area (Å²) in [6.07, 6.45) is 4.18. The molecule has 0 heterocycles. The Labute approximate surface area is 128 Å². The summed E-state index contributed by atoms with van der Waals surface area (Å²) in [7, 11) is 0. The third-order valence-electron chi connectivity index (χ3n) is 4.27. The summed E-state index contributed by atoms with van der Waals surface area (Å²) in [6, 6.07) is 11.1. The highest BCUT2D eigenvalue weighted by Crippen LogP contribution is 2.29. The molecule has 0 radical (unpaired) electrons. The molecule has 1 fully saturated rings. The first-order valence-electron chi connectivity index (χ1n) is 7.98. The number of hydrogen-bond donors (Lipinski definition) is 1. The Morgan fingerprint density at radius 3 is 2.76 bits per heavy atom. The Kier molecular flexibility index (Phi) is 5.25. The number of hydrogen-bond acceptors (Lipinski definition) is 3. The molecule has 1 aliphatic carbocycles. The maximum atomic E-state index is 9.37. The second-order valence-electron chi connectivity index (χ2n) is 6.31. The summed E-state index contributed by atoms with van der Waals surface area (Å²) in [6.45, 7) is 6.94. The number of nitriles is 1. The summed E-state index contributed by atoms with van der Waals surface area (Å²) in [5, 5.41) is 12.8. The van der Waals surface area contributed by atoms with Gasteiger partial charge in [0, 0.05) is 12.5 Å². The highest BCUT2D eigenvalue weighted by molar-refractivity contribution is 5.35. The molecule has 2 rings (SSSR count). The van der Waals surface area contributed by atoms with E-state index in [1.54, 1.807) is 0 Å². The molecule has 0 spiro atoms. The molecule has 0 aromatic heterocycles. The minimum atomic E-state index is -0.480. The Hall–Kier alpha value is -1.53. The fourth-order valence-electron chi connectivity index (χ4n) is 2.44. The lowest BCUT2D eigenvalue weighted by Gasteiger charge is -2.24. The zero-order valence-electron chi connectivity index (χ0n) is 13.4. The van der Waals surface area contributed by atoms with E-state index < -0.39 is 5.54 Å². The molecular weight excluding hydrogens is 260 g/mol. The van der Waals surface area contributed by atoms with Gasteiger partial charge in [0.2, 0.25) is 0 Å². The van der Waals surface area contributed by atoms with Crippen LogP contribution in [0.15, 0.2) is 24.3 Å². The Bertz CT molecular complexity index is 504. The van der Waals surface area contributed by atoms with Crippen LogP contribution < -0.4 is 10.1 Å². The van der Waals surface area contributed by atoms with Crippen molar-refractivity contribution in [1.29, 1.82) is 5.26 Å². The van der Waals surface area contributed by atoms with Crippen LogP contribution in [0.25, 0.3) is 0 Å². The summed E-state index contributed by atoms with van der Waals surface area (Å²) in [4.78, 5) is 0. The van der Waals surface area contributed by atoms with Crippen molar-refractivity contribution in [3.05, 3.63) is 29.8 Å². The predicted octanol–water partition coefficient (Wildman–Crippen LogP) is 4.00. The normalized spacial score (nSPS) is 18.6. The average molecular weight is 286 g/mol. The van der Waals surface area contributed by atoms with Crippen LogP contribution in [0.1, 0.15) is 57.9 Å². The van der Waals surface area contributed by atoms with Gasteiger partial charge in [-0.25, -0.2) is 0 Å². The number of para-hydroxylation sites is 1. The molecular formula is C18H26N2O. The molecule has 1 aromatic carbocycles. The lowest BCUT2D eigenvalue weighted by Crippen LogP contribution is -2.43. The van der Waals surface area contributed by atoms with Crippen LogP contribution in [-0.2, 0) is 0 Å². The molecule has 0 saturated heterocycles. The quantitative estimate of drug-likeness (QED) is 0.785. The molecule has 0 amide bonds. The lowest BCUT2D eigenvalue weighted by atomic mass is 9.97. The molecule has 3 nitrogen and oxygen atoms in total. The summed E-state index contributed by atoms with van der Waals surface area (Å²) >= 11 is 0. The smallest absolute Gasteiger partial charge is 0.122 e. The highest BCUT2D eigenvalue weighted by Gasteiger charge is 2.32. The Morgan fingerprint density at radius 2 is 2.14 bits per heavy atom. The van der Waals surface area contributed by atoms with E-state index >= 15 is 0 Å². The van der Waals surface area contributed by atoms with Crippen LogP contribution in [0, 0.1) is 11.3 Å². The lowest BCUT2D eigenvalue weighted by molar-refractivity contribution is 0.263. The summed E-state index contributed by atoms with van der Waals surface area (Å²) < 4.78 is 5.97. The third-order valence-corrected chi connectivity index (χ3v) is 4.27.